The number of hydrogen-bond donors (Lipinski definition) is 1. The van der Waals surface area contributed by atoms with Gasteiger partial charge in [-0.25, -0.2) is 0 Å². The van der Waals surface area contributed by atoms with Gasteiger partial charge in [0, 0.05) is 24.1 Å². The van der Waals surface area contributed by atoms with Crippen LogP contribution in [0.5, 0.6) is 11.5 Å². The average Bonchev–Trinajstić information content (AvgIpc) is 3.13. The number of carbonyl (C=O) groups is 1. The van der Waals surface area contributed by atoms with Crippen molar-refractivity contribution in [1.82, 2.24) is 5.32 Å². The number of nitrogens with one attached hydrogen (secondary N) is 1. The molecule has 0 bridgehead atoms. The molecule has 1 aromatic heterocycles. The zero-order valence-corrected chi connectivity index (χ0v) is 12.7. The highest BCUT2D eigenvalue weighted by Crippen LogP contribution is 2.35. The van der Waals surface area contributed by atoms with E-state index in [0.29, 0.717) is 18.9 Å². The van der Waals surface area contributed by atoms with E-state index in [1.807, 2.05) is 26.0 Å². The van der Waals surface area contributed by atoms with Gasteiger partial charge < -0.3 is 19.2 Å². The molecule has 0 aliphatic carbocycles. The summed E-state index contributed by atoms with van der Waals surface area (Å²) in [6.07, 6.45) is 2.54. The van der Waals surface area contributed by atoms with Crippen molar-refractivity contribution in [3.05, 3.63) is 47.4 Å². The molecule has 2 heterocycles. The molecule has 1 aliphatic rings. The minimum absolute atomic E-state index is 0.178. The van der Waals surface area contributed by atoms with Gasteiger partial charge in [0.1, 0.15) is 17.6 Å². The van der Waals surface area contributed by atoms with Gasteiger partial charge in [0.2, 0.25) is 0 Å². The Labute approximate surface area is 129 Å². The molecule has 1 atom stereocenters. The smallest absolute Gasteiger partial charge is 0.287 e. The van der Waals surface area contributed by atoms with Crippen LogP contribution in [0, 0.1) is 0 Å². The molecule has 0 saturated carbocycles. The monoisotopic (exact) mass is 301 g/mol. The zero-order chi connectivity index (χ0) is 15.5. The van der Waals surface area contributed by atoms with Gasteiger partial charge in [-0.1, -0.05) is 0 Å². The molecule has 2 aromatic rings. The number of carbonyl (C=O) groups excluding carboxylic acids is 1. The lowest BCUT2D eigenvalue weighted by Gasteiger charge is -2.13. The fourth-order valence-electron chi connectivity index (χ4n) is 2.58. The van der Waals surface area contributed by atoms with Gasteiger partial charge in [-0.05, 0) is 38.1 Å². The van der Waals surface area contributed by atoms with E-state index in [9.17, 15) is 4.79 Å². The van der Waals surface area contributed by atoms with Gasteiger partial charge in [-0.2, -0.15) is 0 Å². The van der Waals surface area contributed by atoms with Crippen LogP contribution in [-0.2, 0) is 13.0 Å². The molecule has 1 aliphatic heterocycles. The molecule has 116 valence electrons. The standard InChI is InChI=1S/C17H19NO4/c1-3-20-15-8-12-7-11(2)22-16(12)9-13(15)10-18-17(19)14-5-4-6-21-14/h4-6,8-9,11H,3,7,10H2,1-2H3,(H,18,19). The molecule has 0 saturated heterocycles. The molecule has 1 aromatic carbocycles. The first kappa shape index (κ1) is 14.5. The quantitative estimate of drug-likeness (QED) is 0.922. The number of rotatable bonds is 5. The lowest BCUT2D eigenvalue weighted by Crippen LogP contribution is -2.22. The summed E-state index contributed by atoms with van der Waals surface area (Å²) in [6, 6.07) is 7.28. The summed E-state index contributed by atoms with van der Waals surface area (Å²) in [5, 5.41) is 2.83. The predicted octanol–water partition coefficient (Wildman–Crippen LogP) is 2.93. The first-order chi connectivity index (χ1) is 10.7. The summed E-state index contributed by atoms with van der Waals surface area (Å²) in [4.78, 5) is 12.0. The van der Waals surface area contributed by atoms with Crippen LogP contribution in [0.2, 0.25) is 0 Å². The molecular formula is C17H19NO4. The van der Waals surface area contributed by atoms with Crippen molar-refractivity contribution in [3.63, 3.8) is 0 Å². The predicted molar refractivity (Wildman–Crippen MR) is 81.3 cm³/mol. The molecule has 1 amide bonds. The first-order valence-corrected chi connectivity index (χ1v) is 7.44. The summed E-state index contributed by atoms with van der Waals surface area (Å²) in [5.74, 6) is 1.71. The number of ether oxygens (including phenoxy) is 2. The Bertz CT molecular complexity index is 664. The highest BCUT2D eigenvalue weighted by Gasteiger charge is 2.22. The summed E-state index contributed by atoms with van der Waals surface area (Å²) in [5.41, 5.74) is 2.05. The number of hydrogen-bond acceptors (Lipinski definition) is 4. The molecular weight excluding hydrogens is 282 g/mol. The van der Waals surface area contributed by atoms with E-state index in [1.165, 1.54) is 6.26 Å². The summed E-state index contributed by atoms with van der Waals surface area (Å²) >= 11 is 0. The van der Waals surface area contributed by atoms with E-state index in [2.05, 4.69) is 5.32 Å². The number of benzene rings is 1. The highest BCUT2D eigenvalue weighted by molar-refractivity contribution is 5.91. The SMILES string of the molecule is CCOc1cc2c(cc1CNC(=O)c1ccco1)OC(C)C2. The summed E-state index contributed by atoms with van der Waals surface area (Å²) < 4.78 is 16.5. The molecule has 5 heteroatoms. The highest BCUT2D eigenvalue weighted by atomic mass is 16.5. The van der Waals surface area contributed by atoms with Crippen molar-refractivity contribution in [2.45, 2.75) is 32.9 Å². The second-order valence-corrected chi connectivity index (χ2v) is 5.29. The molecule has 5 nitrogen and oxygen atoms in total. The van der Waals surface area contributed by atoms with Gasteiger partial charge in [-0.15, -0.1) is 0 Å². The van der Waals surface area contributed by atoms with Gasteiger partial charge >= 0.3 is 0 Å². The Kier molecular flexibility index (Phi) is 4.04. The van der Waals surface area contributed by atoms with E-state index >= 15 is 0 Å². The van der Waals surface area contributed by atoms with Crippen molar-refractivity contribution in [2.24, 2.45) is 0 Å². The zero-order valence-electron chi connectivity index (χ0n) is 12.7. The molecule has 22 heavy (non-hydrogen) atoms. The Balaban J connectivity index is 1.77. The average molecular weight is 301 g/mol. The van der Waals surface area contributed by atoms with Gasteiger partial charge in [0.05, 0.1) is 12.9 Å². The van der Waals surface area contributed by atoms with E-state index in [1.54, 1.807) is 12.1 Å². The van der Waals surface area contributed by atoms with Gasteiger partial charge in [-0.3, -0.25) is 4.79 Å². The van der Waals surface area contributed by atoms with Gasteiger partial charge in [0.25, 0.3) is 5.91 Å². The lowest BCUT2D eigenvalue weighted by molar-refractivity contribution is 0.0923. The Hall–Kier alpha value is -2.43. The van der Waals surface area contributed by atoms with Crippen LogP contribution < -0.4 is 14.8 Å². The lowest BCUT2D eigenvalue weighted by atomic mass is 10.1. The van der Waals surface area contributed by atoms with Crippen LogP contribution in [0.15, 0.2) is 34.9 Å². The maximum atomic E-state index is 12.0. The van der Waals surface area contributed by atoms with Gasteiger partial charge in [0.15, 0.2) is 5.76 Å². The second-order valence-electron chi connectivity index (χ2n) is 5.29. The van der Waals surface area contributed by atoms with E-state index in [4.69, 9.17) is 13.9 Å². The minimum Gasteiger partial charge on any atom is -0.494 e. The first-order valence-electron chi connectivity index (χ1n) is 7.44. The fourth-order valence-corrected chi connectivity index (χ4v) is 2.58. The Morgan fingerprint density at radius 1 is 1.45 bits per heavy atom. The van der Waals surface area contributed by atoms with Crippen molar-refractivity contribution < 1.29 is 18.7 Å². The van der Waals surface area contributed by atoms with Crippen molar-refractivity contribution in [2.75, 3.05) is 6.61 Å². The van der Waals surface area contributed by atoms with Crippen LogP contribution in [0.4, 0.5) is 0 Å². The third-order valence-corrected chi connectivity index (χ3v) is 3.56. The number of furan rings is 1. The second kappa shape index (κ2) is 6.13. The van der Waals surface area contributed by atoms with Crippen molar-refractivity contribution in [3.8, 4) is 11.5 Å². The van der Waals surface area contributed by atoms with E-state index in [-0.39, 0.29) is 12.0 Å². The third kappa shape index (κ3) is 2.93. The molecule has 0 spiro atoms. The molecule has 1 unspecified atom stereocenters. The molecule has 3 rings (SSSR count). The number of fused-ring (bicyclic) bond motifs is 1. The Morgan fingerprint density at radius 3 is 3.05 bits per heavy atom. The van der Waals surface area contributed by atoms with E-state index in [0.717, 1.165) is 29.0 Å². The maximum Gasteiger partial charge on any atom is 0.287 e. The largest absolute Gasteiger partial charge is 0.494 e. The topological polar surface area (TPSA) is 60.7 Å². The number of amides is 1. The molecule has 0 fully saturated rings. The summed E-state index contributed by atoms with van der Waals surface area (Å²) in [7, 11) is 0. The Morgan fingerprint density at radius 2 is 2.32 bits per heavy atom. The minimum atomic E-state index is -0.248. The normalized spacial score (nSPS) is 16.0. The summed E-state index contributed by atoms with van der Waals surface area (Å²) in [6.45, 7) is 4.92. The molecule has 1 N–H and O–H groups in total. The van der Waals surface area contributed by atoms with Crippen molar-refractivity contribution in [1.29, 1.82) is 0 Å². The van der Waals surface area contributed by atoms with Crippen LogP contribution in [0.25, 0.3) is 0 Å². The van der Waals surface area contributed by atoms with Crippen LogP contribution in [0.3, 0.4) is 0 Å². The van der Waals surface area contributed by atoms with Crippen molar-refractivity contribution >= 4 is 5.91 Å². The maximum absolute atomic E-state index is 12.0. The van der Waals surface area contributed by atoms with Crippen LogP contribution in [-0.4, -0.2) is 18.6 Å². The molecule has 0 radical (unpaired) electrons. The van der Waals surface area contributed by atoms with Crippen LogP contribution in [0.1, 0.15) is 35.5 Å². The van der Waals surface area contributed by atoms with Crippen LogP contribution >= 0.6 is 0 Å². The fraction of sp³-hybridized carbons (Fsp3) is 0.353. The third-order valence-electron chi connectivity index (χ3n) is 3.56. The van der Waals surface area contributed by atoms with E-state index < -0.39 is 0 Å².